The zero-order chi connectivity index (χ0) is 24.5. The number of aryl methyl sites for hydroxylation is 1. The lowest BCUT2D eigenvalue weighted by Gasteiger charge is -2.10. The molecule has 174 valence electrons. The Balaban J connectivity index is 0.00000158. The number of amides is 1. The molecule has 1 amide bonds. The number of nitrogens with one attached hydrogen (secondary N) is 2. The Morgan fingerprint density at radius 1 is 1.24 bits per heavy atom. The predicted octanol–water partition coefficient (Wildman–Crippen LogP) is 2.38. The third-order valence-corrected chi connectivity index (χ3v) is 4.88. The Morgan fingerprint density at radius 2 is 2.06 bits per heavy atom. The van der Waals surface area contributed by atoms with Crippen LogP contribution in [0.15, 0.2) is 72.5 Å². The molecular weight excluding hydrogens is 432 g/mol. The van der Waals surface area contributed by atoms with Crippen molar-refractivity contribution in [1.82, 2.24) is 24.8 Å². The summed E-state index contributed by atoms with van der Waals surface area (Å²) >= 11 is 0. The van der Waals surface area contributed by atoms with E-state index in [1.807, 2.05) is 31.2 Å². The van der Waals surface area contributed by atoms with Gasteiger partial charge in [0.25, 0.3) is 5.91 Å². The highest BCUT2D eigenvalue weighted by molar-refractivity contribution is 5.94. The van der Waals surface area contributed by atoms with Gasteiger partial charge in [0.05, 0.1) is 34.5 Å². The fraction of sp³-hybridized carbons (Fsp3) is 0.160. The number of carbonyl (C=O) groups excluding carboxylic acids is 2. The van der Waals surface area contributed by atoms with E-state index >= 15 is 0 Å². The lowest BCUT2D eigenvalue weighted by molar-refractivity contribution is -0.108. The van der Waals surface area contributed by atoms with Gasteiger partial charge in [-0.3, -0.25) is 9.78 Å². The van der Waals surface area contributed by atoms with Gasteiger partial charge in [-0.15, -0.1) is 0 Å². The minimum Gasteiger partial charge on any atom is -0.400 e. The average Bonchev–Trinajstić information content (AvgIpc) is 3.24. The van der Waals surface area contributed by atoms with Gasteiger partial charge in [0.1, 0.15) is 17.6 Å². The molecule has 0 atom stereocenters. The lowest BCUT2D eigenvalue weighted by atomic mass is 10.2. The maximum absolute atomic E-state index is 13.0. The van der Waals surface area contributed by atoms with Crippen molar-refractivity contribution in [3.8, 4) is 0 Å². The Kier molecular flexibility index (Phi) is 8.20. The van der Waals surface area contributed by atoms with E-state index in [4.69, 9.17) is 5.11 Å². The second-order valence-electron chi connectivity index (χ2n) is 7.19. The SMILES string of the molecule is C=C(N=c1c(C(=O)NCc2ccc3nc(C)[nH]c3c2)cccn1CC=O)c1ccccn1.CO. The quantitative estimate of drug-likeness (QED) is 0.367. The zero-order valence-electron chi connectivity index (χ0n) is 19.0. The molecule has 0 aliphatic rings. The van der Waals surface area contributed by atoms with Crippen molar-refractivity contribution < 1.29 is 14.7 Å². The normalized spacial score (nSPS) is 11.0. The predicted molar refractivity (Wildman–Crippen MR) is 129 cm³/mol. The molecule has 0 aliphatic heterocycles. The van der Waals surface area contributed by atoms with Gasteiger partial charge < -0.3 is 24.8 Å². The van der Waals surface area contributed by atoms with Gasteiger partial charge in [0.2, 0.25) is 0 Å². The molecule has 0 aliphatic carbocycles. The van der Waals surface area contributed by atoms with Gasteiger partial charge in [0.15, 0.2) is 0 Å². The van der Waals surface area contributed by atoms with Crippen LogP contribution in [0.3, 0.4) is 0 Å². The lowest BCUT2D eigenvalue weighted by Crippen LogP contribution is -2.33. The zero-order valence-corrected chi connectivity index (χ0v) is 19.0. The Hall–Kier alpha value is -4.37. The van der Waals surface area contributed by atoms with Crippen LogP contribution < -0.4 is 10.8 Å². The second kappa shape index (κ2) is 11.5. The first-order valence-corrected chi connectivity index (χ1v) is 10.5. The Bertz CT molecular complexity index is 1370. The van der Waals surface area contributed by atoms with Gasteiger partial charge in [-0.05, 0) is 48.9 Å². The molecule has 9 nitrogen and oxygen atoms in total. The fourth-order valence-corrected chi connectivity index (χ4v) is 3.36. The summed E-state index contributed by atoms with van der Waals surface area (Å²) in [4.78, 5) is 40.6. The van der Waals surface area contributed by atoms with E-state index < -0.39 is 0 Å². The van der Waals surface area contributed by atoms with Crippen LogP contribution in [0.1, 0.15) is 27.4 Å². The Morgan fingerprint density at radius 3 is 2.79 bits per heavy atom. The number of hydrogen-bond acceptors (Lipinski definition) is 6. The summed E-state index contributed by atoms with van der Waals surface area (Å²) < 4.78 is 1.61. The number of nitrogens with zero attached hydrogens (tertiary/aromatic N) is 4. The van der Waals surface area contributed by atoms with Gasteiger partial charge >= 0.3 is 0 Å². The van der Waals surface area contributed by atoms with Crippen molar-refractivity contribution in [3.63, 3.8) is 0 Å². The van der Waals surface area contributed by atoms with Crippen LogP contribution in [-0.2, 0) is 17.9 Å². The third kappa shape index (κ3) is 5.70. The average molecular weight is 459 g/mol. The number of pyridine rings is 2. The van der Waals surface area contributed by atoms with Crippen LogP contribution >= 0.6 is 0 Å². The largest absolute Gasteiger partial charge is 0.400 e. The third-order valence-electron chi connectivity index (χ3n) is 4.88. The maximum atomic E-state index is 13.0. The summed E-state index contributed by atoms with van der Waals surface area (Å²) in [6.45, 7) is 6.26. The number of aliphatic hydroxyl groups is 1. The molecule has 9 heteroatoms. The van der Waals surface area contributed by atoms with Crippen molar-refractivity contribution in [1.29, 1.82) is 0 Å². The van der Waals surface area contributed by atoms with Gasteiger partial charge in [-0.1, -0.05) is 18.7 Å². The summed E-state index contributed by atoms with van der Waals surface area (Å²) in [7, 11) is 1.00. The van der Waals surface area contributed by atoms with E-state index in [-0.39, 0.29) is 12.5 Å². The summed E-state index contributed by atoms with van der Waals surface area (Å²) in [6.07, 6.45) is 4.10. The monoisotopic (exact) mass is 458 g/mol. The van der Waals surface area contributed by atoms with Crippen molar-refractivity contribution in [3.05, 3.63) is 95.6 Å². The molecule has 3 heterocycles. The van der Waals surface area contributed by atoms with E-state index in [2.05, 4.69) is 31.8 Å². The topological polar surface area (TPSA) is 125 Å². The van der Waals surface area contributed by atoms with E-state index in [0.717, 1.165) is 35.8 Å². The van der Waals surface area contributed by atoms with Crippen LogP contribution in [0.4, 0.5) is 0 Å². The van der Waals surface area contributed by atoms with Crippen LogP contribution in [0, 0.1) is 6.92 Å². The highest BCUT2D eigenvalue weighted by Crippen LogP contribution is 2.14. The summed E-state index contributed by atoms with van der Waals surface area (Å²) in [6, 6.07) is 14.6. The maximum Gasteiger partial charge on any atom is 0.255 e. The highest BCUT2D eigenvalue weighted by atomic mass is 16.2. The minimum absolute atomic E-state index is 0.0608. The van der Waals surface area contributed by atoms with Crippen LogP contribution in [0.5, 0.6) is 0 Å². The van der Waals surface area contributed by atoms with Gasteiger partial charge in [-0.2, -0.15) is 0 Å². The van der Waals surface area contributed by atoms with E-state index in [9.17, 15) is 9.59 Å². The number of hydrogen-bond donors (Lipinski definition) is 3. The van der Waals surface area contributed by atoms with Crippen molar-refractivity contribution >= 4 is 28.9 Å². The number of aliphatic hydroxyl groups excluding tert-OH is 1. The molecule has 0 fully saturated rings. The number of aldehydes is 1. The molecule has 0 saturated heterocycles. The first-order chi connectivity index (χ1) is 16.5. The number of imidazole rings is 1. The molecule has 3 aromatic heterocycles. The van der Waals surface area contributed by atoms with Crippen LogP contribution in [0.2, 0.25) is 0 Å². The number of rotatable bonds is 7. The molecule has 1 aromatic carbocycles. The molecule has 0 saturated carbocycles. The van der Waals surface area contributed by atoms with E-state index in [1.54, 1.807) is 41.2 Å². The molecule has 4 aromatic rings. The first kappa shape index (κ1) is 24.3. The molecule has 0 unspecified atom stereocenters. The standard InChI is InChI=1S/C24H22N6O2.CH4O/c1-16(20-7-3-4-10-25-20)27-23-19(6-5-11-30(23)12-13-31)24(32)26-15-18-8-9-21-22(14-18)29-17(2)28-21;1-2/h3-11,13-14H,1,12,15H2,2H3,(H,26,32)(H,28,29);2H,1H3. The second-order valence-corrected chi connectivity index (χ2v) is 7.19. The molecule has 0 bridgehead atoms. The number of aromatic nitrogens is 4. The van der Waals surface area contributed by atoms with Gasteiger partial charge in [0, 0.05) is 26.0 Å². The van der Waals surface area contributed by atoms with E-state index in [0.29, 0.717) is 29.0 Å². The van der Waals surface area contributed by atoms with Crippen molar-refractivity contribution in [2.24, 2.45) is 4.99 Å². The molecular formula is C25H26N6O3. The Labute approximate surface area is 196 Å². The summed E-state index contributed by atoms with van der Waals surface area (Å²) in [5, 5.41) is 9.93. The number of H-pyrrole nitrogens is 1. The summed E-state index contributed by atoms with van der Waals surface area (Å²) in [5.41, 5.74) is 4.39. The van der Waals surface area contributed by atoms with Gasteiger partial charge in [-0.25, -0.2) is 9.98 Å². The number of fused-ring (bicyclic) bond motifs is 1. The molecule has 34 heavy (non-hydrogen) atoms. The summed E-state index contributed by atoms with van der Waals surface area (Å²) in [5.74, 6) is 0.531. The molecule has 0 radical (unpaired) electrons. The fourth-order valence-electron chi connectivity index (χ4n) is 3.36. The van der Waals surface area contributed by atoms with Crippen LogP contribution in [0.25, 0.3) is 16.7 Å². The molecule has 3 N–H and O–H groups in total. The number of benzene rings is 1. The van der Waals surface area contributed by atoms with E-state index in [1.165, 1.54) is 0 Å². The highest BCUT2D eigenvalue weighted by Gasteiger charge is 2.12. The number of carbonyl (C=O) groups is 2. The smallest absolute Gasteiger partial charge is 0.255 e. The number of aromatic amines is 1. The van der Waals surface area contributed by atoms with Crippen molar-refractivity contribution in [2.75, 3.05) is 7.11 Å². The molecule has 0 spiro atoms. The first-order valence-electron chi connectivity index (χ1n) is 10.5. The van der Waals surface area contributed by atoms with Crippen LogP contribution in [-0.4, -0.2) is 43.9 Å². The molecule has 4 rings (SSSR count). The van der Waals surface area contributed by atoms with Crippen molar-refractivity contribution in [2.45, 2.75) is 20.0 Å². The minimum atomic E-state index is -0.307.